The van der Waals surface area contributed by atoms with E-state index in [0.717, 1.165) is 28.4 Å². The monoisotopic (exact) mass is 450 g/mol. The minimum Gasteiger partial charge on any atom is -0.469 e. The number of nitrogens with zero attached hydrogens (tertiary/aromatic N) is 6. The third kappa shape index (κ3) is 3.68. The number of benzene rings is 1. The molecule has 0 fully saturated rings. The molecule has 0 aliphatic heterocycles. The van der Waals surface area contributed by atoms with Crippen LogP contribution in [0.25, 0.3) is 22.0 Å². The van der Waals surface area contributed by atoms with Gasteiger partial charge in [0.1, 0.15) is 10.8 Å². The summed E-state index contributed by atoms with van der Waals surface area (Å²) < 4.78 is 8.83. The predicted octanol–water partition coefficient (Wildman–Crippen LogP) is 4.15. The number of fused-ring (bicyclic) bond motifs is 1. The summed E-state index contributed by atoms with van der Waals surface area (Å²) in [7, 11) is 0. The van der Waals surface area contributed by atoms with Crippen molar-refractivity contribution in [1.29, 1.82) is 0 Å². The summed E-state index contributed by atoms with van der Waals surface area (Å²) >= 11 is 2.92. The van der Waals surface area contributed by atoms with Gasteiger partial charge in [-0.1, -0.05) is 48.2 Å². The van der Waals surface area contributed by atoms with E-state index < -0.39 is 0 Å². The van der Waals surface area contributed by atoms with E-state index in [0.29, 0.717) is 27.4 Å². The van der Waals surface area contributed by atoms with Crippen molar-refractivity contribution in [2.75, 3.05) is 0 Å². The third-order valence-electron chi connectivity index (χ3n) is 4.74. The fourth-order valence-corrected chi connectivity index (χ4v) is 4.92. The van der Waals surface area contributed by atoms with Crippen molar-refractivity contribution in [2.24, 2.45) is 0 Å². The Hall–Kier alpha value is -3.24. The standard InChI is InChI=1S/C21H18N6O2S2/c1-3-17-25-27-18(28)11-14(22-20(27)31-17)12-30-21-24-23-19(16-9-10-29-13(16)2)26(21)15-7-5-4-6-8-15/h4-11H,3,12H2,1-2H3. The topological polar surface area (TPSA) is 91.1 Å². The molecule has 8 nitrogen and oxygen atoms in total. The molecule has 0 unspecified atom stereocenters. The summed E-state index contributed by atoms with van der Waals surface area (Å²) in [5, 5.41) is 14.7. The SMILES string of the molecule is CCc1nn2c(=O)cc(CSc3nnc(-c4ccoc4C)n3-c3ccccc3)nc2s1. The first-order chi connectivity index (χ1) is 15.1. The molecule has 0 saturated heterocycles. The van der Waals surface area contributed by atoms with Crippen molar-refractivity contribution < 1.29 is 4.42 Å². The summed E-state index contributed by atoms with van der Waals surface area (Å²) in [6.45, 7) is 3.91. The van der Waals surface area contributed by atoms with Crippen LogP contribution in [-0.4, -0.2) is 29.4 Å². The summed E-state index contributed by atoms with van der Waals surface area (Å²) in [5.74, 6) is 1.97. The van der Waals surface area contributed by atoms with Gasteiger partial charge in [0.05, 0.1) is 17.5 Å². The van der Waals surface area contributed by atoms with E-state index in [-0.39, 0.29) is 5.56 Å². The average Bonchev–Trinajstić information content (AvgIpc) is 3.50. The lowest BCUT2D eigenvalue weighted by atomic mass is 10.2. The molecule has 0 aliphatic carbocycles. The van der Waals surface area contributed by atoms with Gasteiger partial charge in [-0.15, -0.1) is 10.2 Å². The zero-order chi connectivity index (χ0) is 21.4. The van der Waals surface area contributed by atoms with Gasteiger partial charge in [0.15, 0.2) is 11.0 Å². The van der Waals surface area contributed by atoms with E-state index in [1.165, 1.54) is 33.7 Å². The molecule has 0 aliphatic rings. The molecule has 0 radical (unpaired) electrons. The third-order valence-corrected chi connectivity index (χ3v) is 6.75. The van der Waals surface area contributed by atoms with Crippen LogP contribution in [0.3, 0.4) is 0 Å². The second kappa shape index (κ2) is 8.12. The van der Waals surface area contributed by atoms with Crippen LogP contribution in [0.5, 0.6) is 0 Å². The summed E-state index contributed by atoms with van der Waals surface area (Å²) in [6.07, 6.45) is 2.42. The van der Waals surface area contributed by atoms with Crippen molar-refractivity contribution in [3.63, 3.8) is 0 Å². The minimum absolute atomic E-state index is 0.171. The number of aromatic nitrogens is 6. The van der Waals surface area contributed by atoms with E-state index in [1.54, 1.807) is 6.26 Å². The highest BCUT2D eigenvalue weighted by Crippen LogP contribution is 2.31. The van der Waals surface area contributed by atoms with Gasteiger partial charge < -0.3 is 4.42 Å². The second-order valence-electron chi connectivity index (χ2n) is 6.79. The molecule has 5 aromatic rings. The van der Waals surface area contributed by atoms with E-state index in [9.17, 15) is 4.79 Å². The van der Waals surface area contributed by atoms with E-state index in [4.69, 9.17) is 4.42 Å². The Morgan fingerprint density at radius 2 is 2.00 bits per heavy atom. The number of thioether (sulfide) groups is 1. The predicted molar refractivity (Wildman–Crippen MR) is 120 cm³/mol. The van der Waals surface area contributed by atoms with Crippen molar-refractivity contribution in [2.45, 2.75) is 31.2 Å². The van der Waals surface area contributed by atoms with Crippen LogP contribution >= 0.6 is 23.1 Å². The molecule has 0 bridgehead atoms. The maximum atomic E-state index is 12.4. The van der Waals surface area contributed by atoms with Crippen LogP contribution in [0.4, 0.5) is 0 Å². The molecular weight excluding hydrogens is 432 g/mol. The van der Waals surface area contributed by atoms with Crippen molar-refractivity contribution in [1.82, 2.24) is 29.4 Å². The van der Waals surface area contributed by atoms with Crippen LogP contribution < -0.4 is 5.56 Å². The Morgan fingerprint density at radius 3 is 2.74 bits per heavy atom. The minimum atomic E-state index is -0.171. The first-order valence-electron chi connectivity index (χ1n) is 9.71. The maximum absolute atomic E-state index is 12.4. The highest BCUT2D eigenvalue weighted by molar-refractivity contribution is 7.98. The molecule has 4 heterocycles. The quantitative estimate of drug-likeness (QED) is 0.359. The summed E-state index contributed by atoms with van der Waals surface area (Å²) in [6, 6.07) is 13.3. The van der Waals surface area contributed by atoms with E-state index in [1.807, 2.05) is 54.8 Å². The molecule has 0 atom stereocenters. The van der Waals surface area contributed by atoms with Crippen LogP contribution in [0, 0.1) is 6.92 Å². The highest BCUT2D eigenvalue weighted by Gasteiger charge is 2.19. The Labute approximate surface area is 185 Å². The number of hydrogen-bond acceptors (Lipinski definition) is 8. The van der Waals surface area contributed by atoms with Gasteiger partial charge in [0.25, 0.3) is 5.56 Å². The molecule has 0 spiro atoms. The van der Waals surface area contributed by atoms with Gasteiger partial charge >= 0.3 is 0 Å². The molecule has 0 N–H and O–H groups in total. The molecule has 5 rings (SSSR count). The first-order valence-corrected chi connectivity index (χ1v) is 11.5. The lowest BCUT2D eigenvalue weighted by molar-refractivity contribution is 0.535. The Kier molecular flexibility index (Phi) is 5.16. The molecular formula is C21H18N6O2S2. The smallest absolute Gasteiger partial charge is 0.275 e. The number of furan rings is 1. The van der Waals surface area contributed by atoms with Crippen LogP contribution in [0.2, 0.25) is 0 Å². The first kappa shape index (κ1) is 19.7. The van der Waals surface area contributed by atoms with E-state index in [2.05, 4.69) is 20.3 Å². The van der Waals surface area contributed by atoms with Crippen LogP contribution in [0.15, 0.2) is 63.1 Å². The number of hydrogen-bond donors (Lipinski definition) is 0. The Balaban J connectivity index is 1.51. The van der Waals surface area contributed by atoms with Crippen LogP contribution in [-0.2, 0) is 12.2 Å². The molecule has 0 saturated carbocycles. The normalized spacial score (nSPS) is 11.4. The molecule has 31 heavy (non-hydrogen) atoms. The lowest BCUT2D eigenvalue weighted by Crippen LogP contribution is -2.15. The zero-order valence-corrected chi connectivity index (χ0v) is 18.5. The Bertz CT molecular complexity index is 1420. The van der Waals surface area contributed by atoms with Gasteiger partial charge in [-0.2, -0.15) is 9.61 Å². The van der Waals surface area contributed by atoms with Crippen molar-refractivity contribution in [3.05, 3.63) is 75.5 Å². The molecule has 10 heteroatoms. The molecule has 0 amide bonds. The fourth-order valence-electron chi connectivity index (χ4n) is 3.22. The lowest BCUT2D eigenvalue weighted by Gasteiger charge is -2.09. The molecule has 1 aromatic carbocycles. The van der Waals surface area contributed by atoms with E-state index >= 15 is 0 Å². The summed E-state index contributed by atoms with van der Waals surface area (Å²) in [4.78, 5) is 17.7. The van der Waals surface area contributed by atoms with Crippen LogP contribution in [0.1, 0.15) is 23.4 Å². The van der Waals surface area contributed by atoms with Gasteiger partial charge in [0, 0.05) is 17.5 Å². The van der Waals surface area contributed by atoms with Crippen molar-refractivity contribution >= 4 is 28.1 Å². The number of aryl methyl sites for hydroxylation is 2. The van der Waals surface area contributed by atoms with Gasteiger partial charge in [-0.25, -0.2) is 4.98 Å². The van der Waals surface area contributed by atoms with Gasteiger partial charge in [0.2, 0.25) is 4.96 Å². The highest BCUT2D eigenvalue weighted by atomic mass is 32.2. The Morgan fingerprint density at radius 1 is 1.16 bits per heavy atom. The van der Waals surface area contributed by atoms with Gasteiger partial charge in [-0.3, -0.25) is 9.36 Å². The van der Waals surface area contributed by atoms with Gasteiger partial charge in [-0.05, 0) is 31.5 Å². The molecule has 4 aromatic heterocycles. The van der Waals surface area contributed by atoms with Crippen molar-refractivity contribution in [3.8, 4) is 17.1 Å². The largest absolute Gasteiger partial charge is 0.469 e. The maximum Gasteiger partial charge on any atom is 0.275 e. The molecule has 156 valence electrons. The average molecular weight is 451 g/mol. The second-order valence-corrected chi connectivity index (χ2v) is 8.77. The fraction of sp³-hybridized carbons (Fsp3) is 0.190. The number of rotatable bonds is 6. The zero-order valence-electron chi connectivity index (χ0n) is 16.8. The number of para-hydroxylation sites is 1. The summed E-state index contributed by atoms with van der Waals surface area (Å²) in [5.41, 5.74) is 2.35.